The number of hydrogen-bond acceptors (Lipinski definition) is 9. The maximum atomic E-state index is 11.8. The first kappa shape index (κ1) is 16.6. The molecule has 0 radical (unpaired) electrons. The Bertz CT molecular complexity index is 865. The molecule has 9 heteroatoms. The van der Waals surface area contributed by atoms with Crippen molar-refractivity contribution in [3.8, 4) is 0 Å². The number of nitrogens with zero attached hydrogens (tertiary/aromatic N) is 6. The third kappa shape index (κ3) is 3.57. The molecule has 0 aromatic carbocycles. The molecule has 0 N–H and O–H groups in total. The lowest BCUT2D eigenvalue weighted by Gasteiger charge is -2.34. The van der Waals surface area contributed by atoms with Crippen LogP contribution >= 0.6 is 11.8 Å². The minimum Gasteiger partial charge on any atom is -0.337 e. The van der Waals surface area contributed by atoms with Crippen LogP contribution in [0.2, 0.25) is 0 Å². The summed E-state index contributed by atoms with van der Waals surface area (Å²) in [4.78, 5) is 45.2. The van der Waals surface area contributed by atoms with E-state index in [0.717, 1.165) is 43.9 Å². The summed E-state index contributed by atoms with van der Waals surface area (Å²) in [5.41, 5.74) is 0.634. The van der Waals surface area contributed by atoms with Crippen LogP contribution in [0.3, 0.4) is 0 Å². The quantitative estimate of drug-likeness (QED) is 0.584. The molecule has 2 aliphatic rings. The molecule has 2 saturated heterocycles. The van der Waals surface area contributed by atoms with Gasteiger partial charge < -0.3 is 9.80 Å². The van der Waals surface area contributed by atoms with Crippen LogP contribution in [0, 0.1) is 0 Å². The largest absolute Gasteiger partial charge is 0.337 e. The second kappa shape index (κ2) is 7.20. The molecule has 2 aromatic rings. The predicted molar refractivity (Wildman–Crippen MR) is 98.7 cm³/mol. The molecule has 0 spiro atoms. The number of ketones is 1. The highest BCUT2D eigenvalue weighted by Gasteiger charge is 2.26. The van der Waals surface area contributed by atoms with Gasteiger partial charge in [-0.25, -0.2) is 19.9 Å². The van der Waals surface area contributed by atoms with Crippen LogP contribution in [0.5, 0.6) is 0 Å². The Morgan fingerprint density at radius 3 is 2.23 bits per heavy atom. The molecule has 0 bridgehead atoms. The second-order valence-electron chi connectivity index (χ2n) is 5.89. The number of aromatic nitrogens is 4. The van der Waals surface area contributed by atoms with E-state index in [1.165, 1.54) is 0 Å². The van der Waals surface area contributed by atoms with Gasteiger partial charge in [0, 0.05) is 44.8 Å². The Balaban J connectivity index is 1.45. The number of allylic oxidation sites excluding steroid dienone is 1. The first-order valence-corrected chi connectivity index (χ1v) is 9.06. The molecule has 0 atom stereocenters. The normalized spacial score (nSPS) is 19.5. The molecule has 2 fully saturated rings. The molecule has 0 aliphatic carbocycles. The van der Waals surface area contributed by atoms with Gasteiger partial charge in [0.2, 0.25) is 17.0 Å². The number of Topliss-reactive ketones (excluding diaryl/α,β-unsaturated/α-hetero) is 1. The summed E-state index contributed by atoms with van der Waals surface area (Å²) in [7, 11) is 0. The molecule has 2 aromatic heterocycles. The van der Waals surface area contributed by atoms with Crippen LogP contribution in [-0.4, -0.2) is 57.0 Å². The van der Waals surface area contributed by atoms with E-state index < -0.39 is 0 Å². The van der Waals surface area contributed by atoms with E-state index >= 15 is 0 Å². The fourth-order valence-electron chi connectivity index (χ4n) is 2.83. The Hall–Kier alpha value is -2.81. The van der Waals surface area contributed by atoms with E-state index in [1.807, 2.05) is 0 Å². The van der Waals surface area contributed by atoms with Gasteiger partial charge in [-0.1, -0.05) is 0 Å². The molecule has 26 heavy (non-hydrogen) atoms. The van der Waals surface area contributed by atoms with Gasteiger partial charge in [-0.15, -0.1) is 0 Å². The molecule has 4 heterocycles. The number of hydrogen-bond donors (Lipinski definition) is 0. The third-order valence-corrected chi connectivity index (χ3v) is 5.08. The molecule has 0 saturated carbocycles. The highest BCUT2D eigenvalue weighted by Crippen LogP contribution is 2.30. The molecule has 0 amide bonds. The monoisotopic (exact) mass is 368 g/mol. The fourth-order valence-corrected chi connectivity index (χ4v) is 3.65. The number of carbonyl (C=O) groups excluding carboxylic acids is 2. The van der Waals surface area contributed by atoms with Gasteiger partial charge in [0.25, 0.3) is 0 Å². The van der Waals surface area contributed by atoms with E-state index in [4.69, 9.17) is 0 Å². The lowest BCUT2D eigenvalue weighted by Crippen LogP contribution is -2.47. The van der Waals surface area contributed by atoms with Crippen LogP contribution in [0.15, 0.2) is 35.6 Å². The second-order valence-corrected chi connectivity index (χ2v) is 6.99. The van der Waals surface area contributed by atoms with Crippen molar-refractivity contribution in [2.75, 3.05) is 36.0 Å². The Morgan fingerprint density at radius 1 is 0.923 bits per heavy atom. The van der Waals surface area contributed by atoms with Crippen molar-refractivity contribution >= 4 is 40.6 Å². The van der Waals surface area contributed by atoms with Crippen molar-refractivity contribution in [1.82, 2.24) is 19.9 Å². The van der Waals surface area contributed by atoms with E-state index in [1.54, 1.807) is 36.8 Å². The number of thioether (sulfide) groups is 1. The van der Waals surface area contributed by atoms with Gasteiger partial charge in [0.05, 0.1) is 17.0 Å². The Labute approximate surface area is 154 Å². The maximum Gasteiger partial charge on any atom is 0.225 e. The van der Waals surface area contributed by atoms with Crippen molar-refractivity contribution < 1.29 is 9.59 Å². The number of rotatable bonds is 3. The minimum absolute atomic E-state index is 0.0298. The maximum absolute atomic E-state index is 11.8. The highest BCUT2D eigenvalue weighted by atomic mass is 32.2. The minimum atomic E-state index is -0.142. The lowest BCUT2D eigenvalue weighted by molar-refractivity contribution is -0.119. The average molecular weight is 368 g/mol. The standard InChI is InChI=1S/C17H16N6O2S/c24-13-11-15(25)26-14(13)10-12-2-5-20-17(21-12)23-8-6-22(7-9-23)16-18-3-1-4-19-16/h1-5,10H,6-9,11H2. The van der Waals surface area contributed by atoms with Crippen LogP contribution in [0.4, 0.5) is 11.9 Å². The molecule has 132 valence electrons. The van der Waals surface area contributed by atoms with Crippen molar-refractivity contribution in [2.24, 2.45) is 0 Å². The summed E-state index contributed by atoms with van der Waals surface area (Å²) in [5.74, 6) is 1.21. The summed E-state index contributed by atoms with van der Waals surface area (Å²) in [6, 6.07) is 3.54. The van der Waals surface area contributed by atoms with E-state index in [2.05, 4.69) is 29.7 Å². The van der Waals surface area contributed by atoms with Crippen LogP contribution < -0.4 is 9.80 Å². The zero-order chi connectivity index (χ0) is 17.9. The number of piperazine rings is 1. The zero-order valence-electron chi connectivity index (χ0n) is 13.9. The van der Waals surface area contributed by atoms with Gasteiger partial charge in [-0.05, 0) is 30.0 Å². The van der Waals surface area contributed by atoms with Gasteiger partial charge in [-0.2, -0.15) is 0 Å². The Kier molecular flexibility index (Phi) is 4.61. The Morgan fingerprint density at radius 2 is 1.58 bits per heavy atom. The van der Waals surface area contributed by atoms with E-state index in [9.17, 15) is 9.59 Å². The van der Waals surface area contributed by atoms with Crippen LogP contribution in [-0.2, 0) is 9.59 Å². The zero-order valence-corrected chi connectivity index (χ0v) is 14.7. The topological polar surface area (TPSA) is 92.2 Å². The van der Waals surface area contributed by atoms with Gasteiger partial charge in [0.15, 0.2) is 5.78 Å². The SMILES string of the molecule is O=C1CC(=O)C(=Cc2ccnc(N3CCN(c4ncccn4)CC3)n2)S1. The van der Waals surface area contributed by atoms with Gasteiger partial charge in [-0.3, -0.25) is 9.59 Å². The van der Waals surface area contributed by atoms with Crippen molar-refractivity contribution in [3.05, 3.63) is 41.3 Å². The smallest absolute Gasteiger partial charge is 0.225 e. The van der Waals surface area contributed by atoms with Crippen LogP contribution in [0.25, 0.3) is 6.08 Å². The molecule has 4 rings (SSSR count). The summed E-state index contributed by atoms with van der Waals surface area (Å²) < 4.78 is 0. The number of anilines is 2. The molecular formula is C17H16N6O2S. The van der Waals surface area contributed by atoms with E-state index in [-0.39, 0.29) is 17.3 Å². The van der Waals surface area contributed by atoms with Crippen molar-refractivity contribution in [1.29, 1.82) is 0 Å². The summed E-state index contributed by atoms with van der Waals surface area (Å²) in [6.07, 6.45) is 6.78. The van der Waals surface area contributed by atoms with Crippen molar-refractivity contribution in [2.45, 2.75) is 6.42 Å². The average Bonchev–Trinajstić information content (AvgIpc) is 3.00. The lowest BCUT2D eigenvalue weighted by atomic mass is 10.2. The molecule has 8 nitrogen and oxygen atoms in total. The number of carbonyl (C=O) groups is 2. The predicted octanol–water partition coefficient (Wildman–Crippen LogP) is 1.17. The summed E-state index contributed by atoms with van der Waals surface area (Å²) in [6.45, 7) is 3.07. The van der Waals surface area contributed by atoms with E-state index in [0.29, 0.717) is 16.5 Å². The first-order chi connectivity index (χ1) is 12.7. The molecule has 2 aliphatic heterocycles. The fraction of sp³-hybridized carbons (Fsp3) is 0.294. The summed E-state index contributed by atoms with van der Waals surface area (Å²) in [5, 5.41) is -0.116. The van der Waals surface area contributed by atoms with Gasteiger partial charge in [0.1, 0.15) is 0 Å². The van der Waals surface area contributed by atoms with Crippen molar-refractivity contribution in [3.63, 3.8) is 0 Å². The van der Waals surface area contributed by atoms with Gasteiger partial charge >= 0.3 is 0 Å². The van der Waals surface area contributed by atoms with Crippen LogP contribution in [0.1, 0.15) is 12.1 Å². The third-order valence-electron chi connectivity index (χ3n) is 4.14. The molecular weight excluding hydrogens is 352 g/mol. The molecule has 0 unspecified atom stereocenters. The summed E-state index contributed by atoms with van der Waals surface area (Å²) >= 11 is 0.986. The highest BCUT2D eigenvalue weighted by molar-refractivity contribution is 8.18. The first-order valence-electron chi connectivity index (χ1n) is 8.24.